The van der Waals surface area contributed by atoms with Crippen LogP contribution in [0.4, 0.5) is 0 Å². The zero-order valence-electron chi connectivity index (χ0n) is 14.7. The molecule has 4 rings (SSSR count). The van der Waals surface area contributed by atoms with Crippen molar-refractivity contribution in [1.82, 2.24) is 4.98 Å². The molecule has 27 heavy (non-hydrogen) atoms. The summed E-state index contributed by atoms with van der Waals surface area (Å²) >= 11 is 11.9. The molecule has 0 aliphatic carbocycles. The number of rotatable bonds is 5. The highest BCUT2D eigenvalue weighted by Gasteiger charge is 2.43. The van der Waals surface area contributed by atoms with Crippen molar-refractivity contribution in [2.75, 3.05) is 20.3 Å². The van der Waals surface area contributed by atoms with E-state index >= 15 is 0 Å². The Bertz CT molecular complexity index is 862. The van der Waals surface area contributed by atoms with Gasteiger partial charge < -0.3 is 19.0 Å². The van der Waals surface area contributed by atoms with Gasteiger partial charge in [-0.05, 0) is 35.9 Å². The topological polar surface area (TPSA) is 62.2 Å². The van der Waals surface area contributed by atoms with Gasteiger partial charge in [0, 0.05) is 18.4 Å². The minimum absolute atomic E-state index is 0.280. The van der Waals surface area contributed by atoms with Crippen LogP contribution in [0.1, 0.15) is 24.0 Å². The first-order chi connectivity index (χ1) is 13.1. The highest BCUT2D eigenvalue weighted by Crippen LogP contribution is 2.36. The number of benzene rings is 1. The molecule has 6 nitrogen and oxygen atoms in total. The first-order valence-electron chi connectivity index (χ1n) is 8.53. The molecular weight excluding hydrogens is 391 g/mol. The first kappa shape index (κ1) is 18.3. The second-order valence-corrected chi connectivity index (χ2v) is 7.34. The van der Waals surface area contributed by atoms with E-state index in [1.165, 1.54) is 0 Å². The van der Waals surface area contributed by atoms with E-state index in [-0.39, 0.29) is 12.2 Å². The monoisotopic (exact) mass is 408 g/mol. The summed E-state index contributed by atoms with van der Waals surface area (Å²) in [5.74, 6) is 1.23. The molecule has 2 aliphatic heterocycles. The molecule has 1 fully saturated rings. The lowest BCUT2D eigenvalue weighted by molar-refractivity contribution is -0.0237. The molecule has 3 heterocycles. The molecule has 2 aliphatic rings. The molecule has 1 spiro atoms. The van der Waals surface area contributed by atoms with Gasteiger partial charge in [0.25, 0.3) is 0 Å². The van der Waals surface area contributed by atoms with Crippen molar-refractivity contribution in [3.05, 3.63) is 51.8 Å². The number of oxime groups is 1. The van der Waals surface area contributed by atoms with E-state index in [4.69, 9.17) is 42.3 Å². The molecule has 0 bridgehead atoms. The van der Waals surface area contributed by atoms with Crippen LogP contribution >= 0.6 is 23.2 Å². The van der Waals surface area contributed by atoms with Gasteiger partial charge in [-0.3, -0.25) is 0 Å². The van der Waals surface area contributed by atoms with Crippen molar-refractivity contribution in [3.63, 3.8) is 0 Å². The molecule has 142 valence electrons. The van der Waals surface area contributed by atoms with Gasteiger partial charge in [0.05, 0.1) is 26.0 Å². The van der Waals surface area contributed by atoms with E-state index in [1.807, 2.05) is 18.2 Å². The van der Waals surface area contributed by atoms with Crippen molar-refractivity contribution < 1.29 is 19.0 Å². The quantitative estimate of drug-likeness (QED) is 0.691. The molecule has 0 saturated carbocycles. The number of pyridine rings is 1. The van der Waals surface area contributed by atoms with E-state index in [0.29, 0.717) is 41.4 Å². The maximum absolute atomic E-state index is 5.95. The second-order valence-electron chi connectivity index (χ2n) is 6.57. The second kappa shape index (κ2) is 7.54. The van der Waals surface area contributed by atoms with E-state index < -0.39 is 0 Å². The van der Waals surface area contributed by atoms with Gasteiger partial charge in [-0.1, -0.05) is 28.4 Å². The zero-order valence-corrected chi connectivity index (χ0v) is 16.2. The first-order valence-corrected chi connectivity index (χ1v) is 9.28. The van der Waals surface area contributed by atoms with Gasteiger partial charge in [0.1, 0.15) is 16.9 Å². The average molecular weight is 409 g/mol. The zero-order chi connectivity index (χ0) is 18.9. The summed E-state index contributed by atoms with van der Waals surface area (Å²) in [6, 6.07) is 9.13. The lowest BCUT2D eigenvalue weighted by Crippen LogP contribution is -2.29. The van der Waals surface area contributed by atoms with Crippen molar-refractivity contribution in [1.29, 1.82) is 0 Å². The summed E-state index contributed by atoms with van der Waals surface area (Å²) in [7, 11) is 1.60. The molecule has 1 aromatic carbocycles. The summed E-state index contributed by atoms with van der Waals surface area (Å²) in [5.41, 5.74) is 2.31. The third-order valence-electron chi connectivity index (χ3n) is 4.62. The molecule has 0 amide bonds. The van der Waals surface area contributed by atoms with Gasteiger partial charge >= 0.3 is 0 Å². The number of ether oxygens (including phenoxy) is 3. The lowest BCUT2D eigenvalue weighted by Gasteiger charge is -2.17. The lowest BCUT2D eigenvalue weighted by atomic mass is 9.93. The fourth-order valence-corrected chi connectivity index (χ4v) is 3.71. The predicted octanol–water partition coefficient (Wildman–Crippen LogP) is 4.26. The van der Waals surface area contributed by atoms with Crippen LogP contribution in [0.2, 0.25) is 10.3 Å². The van der Waals surface area contributed by atoms with Crippen molar-refractivity contribution in [2.24, 2.45) is 5.16 Å². The van der Waals surface area contributed by atoms with Crippen molar-refractivity contribution in [3.8, 4) is 11.5 Å². The minimum atomic E-state index is -0.319. The Morgan fingerprint density at radius 2 is 1.96 bits per heavy atom. The molecule has 0 N–H and O–H groups in total. The predicted molar refractivity (Wildman–Crippen MR) is 102 cm³/mol. The number of methoxy groups -OCH3 is 1. The Morgan fingerprint density at radius 3 is 2.67 bits per heavy atom. The molecular formula is C19H18Cl2N2O4. The van der Waals surface area contributed by atoms with Gasteiger partial charge in [-0.25, -0.2) is 4.98 Å². The average Bonchev–Trinajstić information content (AvgIpc) is 3.29. The van der Waals surface area contributed by atoms with Crippen molar-refractivity contribution in [2.45, 2.75) is 25.0 Å². The van der Waals surface area contributed by atoms with E-state index in [1.54, 1.807) is 19.2 Å². The summed E-state index contributed by atoms with van der Waals surface area (Å²) in [6.07, 6.45) is 1.57. The SMILES string of the molecule is COc1ccc(C2=NOC3(CCOC3)C2)cc1OCc1cc(Cl)nc(Cl)c1. The minimum Gasteiger partial charge on any atom is -0.493 e. The number of nitrogens with zero attached hydrogens (tertiary/aromatic N) is 2. The number of halogens is 2. The van der Waals surface area contributed by atoms with Gasteiger partial charge in [0.2, 0.25) is 0 Å². The maximum Gasteiger partial charge on any atom is 0.168 e. The fourth-order valence-electron chi connectivity index (χ4n) is 3.20. The third kappa shape index (κ3) is 3.98. The number of aromatic nitrogens is 1. The number of hydrogen-bond acceptors (Lipinski definition) is 6. The Kier molecular flexibility index (Phi) is 5.12. The van der Waals surface area contributed by atoms with E-state index in [0.717, 1.165) is 23.3 Å². The van der Waals surface area contributed by atoms with Crippen LogP contribution in [-0.2, 0) is 16.2 Å². The standard InChI is InChI=1S/C19H18Cl2N2O4/c1-24-15-3-2-13(14-9-19(27-23-14)4-5-25-11-19)8-16(15)26-10-12-6-17(20)22-18(21)7-12/h2-3,6-8H,4-5,9-11H2,1H3. The van der Waals surface area contributed by atoms with Crippen LogP contribution in [0.15, 0.2) is 35.5 Å². The smallest absolute Gasteiger partial charge is 0.168 e. The molecule has 2 aromatic rings. The maximum atomic E-state index is 5.95. The Hall–Kier alpha value is -2.02. The largest absolute Gasteiger partial charge is 0.493 e. The molecule has 1 unspecified atom stereocenters. The van der Waals surface area contributed by atoms with Crippen LogP contribution in [-0.4, -0.2) is 36.6 Å². The highest BCUT2D eigenvalue weighted by atomic mass is 35.5. The van der Waals surface area contributed by atoms with Gasteiger partial charge in [-0.2, -0.15) is 0 Å². The van der Waals surface area contributed by atoms with Crippen LogP contribution in [0.5, 0.6) is 11.5 Å². The van der Waals surface area contributed by atoms with E-state index in [9.17, 15) is 0 Å². The van der Waals surface area contributed by atoms with Gasteiger partial charge in [0.15, 0.2) is 17.1 Å². The Labute approximate surface area is 167 Å². The van der Waals surface area contributed by atoms with Crippen molar-refractivity contribution >= 4 is 28.9 Å². The Morgan fingerprint density at radius 1 is 1.15 bits per heavy atom. The Balaban J connectivity index is 1.52. The molecule has 1 aromatic heterocycles. The molecule has 1 saturated heterocycles. The van der Waals surface area contributed by atoms with Crippen LogP contribution in [0, 0.1) is 0 Å². The summed E-state index contributed by atoms with van der Waals surface area (Å²) < 4.78 is 16.8. The molecule has 8 heteroatoms. The van der Waals surface area contributed by atoms with Crippen LogP contribution in [0.25, 0.3) is 0 Å². The normalized spacial score (nSPS) is 21.2. The third-order valence-corrected chi connectivity index (χ3v) is 5.01. The van der Waals surface area contributed by atoms with Crippen LogP contribution < -0.4 is 9.47 Å². The summed E-state index contributed by atoms with van der Waals surface area (Å²) in [6.45, 7) is 1.56. The number of hydrogen-bond donors (Lipinski definition) is 0. The highest BCUT2D eigenvalue weighted by molar-refractivity contribution is 6.32. The van der Waals surface area contributed by atoms with Crippen LogP contribution in [0.3, 0.4) is 0 Å². The fraction of sp³-hybridized carbons (Fsp3) is 0.368. The van der Waals surface area contributed by atoms with Gasteiger partial charge in [-0.15, -0.1) is 0 Å². The van der Waals surface area contributed by atoms with E-state index in [2.05, 4.69) is 10.1 Å². The summed E-state index contributed by atoms with van der Waals surface area (Å²) in [4.78, 5) is 9.61. The molecule has 0 radical (unpaired) electrons. The molecule has 1 atom stereocenters. The summed E-state index contributed by atoms with van der Waals surface area (Å²) in [5, 5.41) is 4.92.